The molecule has 0 aromatic heterocycles. The first-order valence-electron chi connectivity index (χ1n) is 7.17. The normalized spacial score (nSPS) is 13.1. The number of carbonyl (C=O) groups excluding carboxylic acids is 1. The van der Waals surface area contributed by atoms with E-state index in [1.807, 2.05) is 0 Å². The van der Waals surface area contributed by atoms with Crippen molar-refractivity contribution in [2.75, 3.05) is 14.2 Å². The molecule has 2 rings (SSSR count). The Bertz CT molecular complexity index is 763. The molecule has 0 bridgehead atoms. The van der Waals surface area contributed by atoms with Crippen molar-refractivity contribution in [1.82, 2.24) is 0 Å². The Hall–Kier alpha value is -2.97. The molecule has 2 aromatic carbocycles. The Balaban J connectivity index is 2.34. The van der Waals surface area contributed by atoms with Crippen LogP contribution in [0.3, 0.4) is 0 Å². The van der Waals surface area contributed by atoms with Crippen molar-refractivity contribution in [1.29, 1.82) is 0 Å². The van der Waals surface area contributed by atoms with Gasteiger partial charge in [-0.1, -0.05) is 6.07 Å². The Morgan fingerprint density at radius 3 is 2.00 bits per heavy atom. The lowest BCUT2D eigenvalue weighted by molar-refractivity contribution is 0.0199. The predicted octanol–water partition coefficient (Wildman–Crippen LogP) is 1.10. The van der Waals surface area contributed by atoms with E-state index in [0.29, 0.717) is 5.75 Å². The zero-order valence-corrected chi connectivity index (χ0v) is 13.5. The van der Waals surface area contributed by atoms with Crippen LogP contribution in [0.1, 0.15) is 22.0 Å². The summed E-state index contributed by atoms with van der Waals surface area (Å²) in [5, 5.41) is 49.1. The monoisotopic (exact) mass is 350 g/mol. The van der Waals surface area contributed by atoms with E-state index in [1.54, 1.807) is 0 Å². The fourth-order valence-electron chi connectivity index (χ4n) is 2.36. The molecule has 0 spiro atoms. The van der Waals surface area contributed by atoms with Crippen molar-refractivity contribution in [2.45, 2.75) is 12.2 Å². The quantitative estimate of drug-likeness (QED) is 0.489. The van der Waals surface area contributed by atoms with Crippen molar-refractivity contribution in [3.8, 4) is 28.7 Å². The third-order valence-electron chi connectivity index (χ3n) is 3.64. The van der Waals surface area contributed by atoms with Crippen LogP contribution in [-0.4, -0.2) is 51.6 Å². The second kappa shape index (κ2) is 7.29. The molecular weight excluding hydrogens is 332 g/mol. The Kier molecular flexibility index (Phi) is 5.35. The first-order valence-corrected chi connectivity index (χ1v) is 7.17. The van der Waals surface area contributed by atoms with Crippen molar-refractivity contribution < 1.29 is 39.8 Å². The molecule has 134 valence electrons. The lowest BCUT2D eigenvalue weighted by Crippen LogP contribution is -2.28. The molecule has 0 aliphatic rings. The number of phenols is 3. The van der Waals surface area contributed by atoms with Crippen LogP contribution in [0, 0.1) is 0 Å². The van der Waals surface area contributed by atoms with E-state index in [4.69, 9.17) is 9.47 Å². The van der Waals surface area contributed by atoms with Crippen molar-refractivity contribution in [3.05, 3.63) is 41.5 Å². The topological polar surface area (TPSA) is 137 Å². The smallest absolute Gasteiger partial charge is 0.201 e. The van der Waals surface area contributed by atoms with E-state index in [-0.39, 0.29) is 11.3 Å². The van der Waals surface area contributed by atoms with E-state index in [9.17, 15) is 30.3 Å². The predicted molar refractivity (Wildman–Crippen MR) is 86.3 cm³/mol. The van der Waals surface area contributed by atoms with Gasteiger partial charge >= 0.3 is 0 Å². The molecule has 0 aliphatic heterocycles. The minimum absolute atomic E-state index is 0.163. The van der Waals surface area contributed by atoms with Gasteiger partial charge in [-0.2, -0.15) is 0 Å². The van der Waals surface area contributed by atoms with Gasteiger partial charge in [0.25, 0.3) is 0 Å². The molecule has 0 aliphatic carbocycles. The van der Waals surface area contributed by atoms with Crippen LogP contribution < -0.4 is 9.47 Å². The number of carbonyl (C=O) groups is 1. The molecular formula is C17H18O8. The molecule has 8 heteroatoms. The molecule has 0 amide bonds. The maximum Gasteiger partial charge on any atom is 0.201 e. The Morgan fingerprint density at radius 2 is 1.48 bits per heavy atom. The Morgan fingerprint density at radius 1 is 0.920 bits per heavy atom. The molecule has 0 heterocycles. The maximum atomic E-state index is 12.3. The number of benzene rings is 2. The minimum Gasteiger partial charge on any atom is -0.508 e. The van der Waals surface area contributed by atoms with Crippen LogP contribution in [0.25, 0.3) is 0 Å². The van der Waals surface area contributed by atoms with Crippen LogP contribution in [0.15, 0.2) is 30.3 Å². The molecule has 0 radical (unpaired) electrons. The first kappa shape index (κ1) is 18.4. The van der Waals surface area contributed by atoms with Gasteiger partial charge in [0.05, 0.1) is 14.2 Å². The lowest BCUT2D eigenvalue weighted by atomic mass is 9.96. The van der Waals surface area contributed by atoms with Crippen LogP contribution in [0.2, 0.25) is 0 Å². The Labute approximate surface area is 143 Å². The molecule has 2 aromatic rings. The number of hydrogen-bond acceptors (Lipinski definition) is 8. The van der Waals surface area contributed by atoms with E-state index >= 15 is 0 Å². The van der Waals surface area contributed by atoms with Gasteiger partial charge in [0.15, 0.2) is 11.5 Å². The second-order valence-electron chi connectivity index (χ2n) is 5.23. The number of ketones is 1. The summed E-state index contributed by atoms with van der Waals surface area (Å²) in [4.78, 5) is 12.3. The molecule has 25 heavy (non-hydrogen) atoms. The van der Waals surface area contributed by atoms with Crippen LogP contribution in [-0.2, 0) is 0 Å². The van der Waals surface area contributed by atoms with E-state index in [1.165, 1.54) is 32.4 Å². The van der Waals surface area contributed by atoms with Gasteiger partial charge in [-0.15, -0.1) is 0 Å². The third kappa shape index (κ3) is 3.59. The summed E-state index contributed by atoms with van der Waals surface area (Å²) < 4.78 is 10.2. The number of phenolic OH excluding ortho intramolecular Hbond substituents is 3. The standard InChI is InChI=1S/C17H18O8/c1-24-12-4-3-8(5-13(12)25-2)15(21)17(23)16(22)14-10(19)6-9(18)7-11(14)20/h3-7,15,17-21,23H,1-2H3/t15-,17-/m1/s1. The zero-order chi connectivity index (χ0) is 18.7. The summed E-state index contributed by atoms with van der Waals surface area (Å²) in [5.74, 6) is -2.33. The summed E-state index contributed by atoms with van der Waals surface area (Å²) in [6, 6.07) is 5.98. The van der Waals surface area contributed by atoms with Crippen LogP contribution in [0.4, 0.5) is 0 Å². The third-order valence-corrected chi connectivity index (χ3v) is 3.64. The molecule has 8 nitrogen and oxygen atoms in total. The van der Waals surface area contributed by atoms with Crippen LogP contribution in [0.5, 0.6) is 28.7 Å². The van der Waals surface area contributed by atoms with Gasteiger partial charge in [0, 0.05) is 12.1 Å². The van der Waals surface area contributed by atoms with Crippen molar-refractivity contribution in [2.24, 2.45) is 0 Å². The molecule has 0 unspecified atom stereocenters. The largest absolute Gasteiger partial charge is 0.508 e. The van der Waals surface area contributed by atoms with Gasteiger partial charge in [-0.05, 0) is 17.7 Å². The first-order chi connectivity index (χ1) is 11.8. The van der Waals surface area contributed by atoms with Gasteiger partial charge in [0.1, 0.15) is 35.0 Å². The number of aromatic hydroxyl groups is 3. The van der Waals surface area contributed by atoms with Gasteiger partial charge in [-0.25, -0.2) is 0 Å². The highest BCUT2D eigenvalue weighted by Crippen LogP contribution is 2.35. The fourth-order valence-corrected chi connectivity index (χ4v) is 2.36. The highest BCUT2D eigenvalue weighted by atomic mass is 16.5. The minimum atomic E-state index is -1.97. The van der Waals surface area contributed by atoms with E-state index in [2.05, 4.69) is 0 Å². The summed E-state index contributed by atoms with van der Waals surface area (Å²) in [7, 11) is 2.82. The number of Topliss-reactive ketones (excluding diaryl/α,β-unsaturated/α-hetero) is 1. The van der Waals surface area contributed by atoms with Gasteiger partial charge in [0.2, 0.25) is 5.78 Å². The molecule has 0 saturated carbocycles. The summed E-state index contributed by atoms with van der Waals surface area (Å²) in [5.41, 5.74) is -0.443. The number of methoxy groups -OCH3 is 2. The fraction of sp³-hybridized carbons (Fsp3) is 0.235. The highest BCUT2D eigenvalue weighted by Gasteiger charge is 2.31. The molecule has 5 N–H and O–H groups in total. The SMILES string of the molecule is COc1ccc([C@@H](O)[C@@H](O)C(=O)c2c(O)cc(O)cc2O)cc1OC. The molecule has 0 fully saturated rings. The van der Waals surface area contributed by atoms with E-state index < -0.39 is 40.8 Å². The summed E-state index contributed by atoms with van der Waals surface area (Å²) >= 11 is 0. The molecule has 0 saturated heterocycles. The number of hydrogen-bond donors (Lipinski definition) is 5. The average molecular weight is 350 g/mol. The second-order valence-corrected chi connectivity index (χ2v) is 5.23. The average Bonchev–Trinajstić information content (AvgIpc) is 2.58. The van der Waals surface area contributed by atoms with Gasteiger partial charge in [-0.3, -0.25) is 4.79 Å². The number of rotatable bonds is 6. The zero-order valence-electron chi connectivity index (χ0n) is 13.5. The van der Waals surface area contributed by atoms with Gasteiger partial charge < -0.3 is 35.0 Å². The van der Waals surface area contributed by atoms with Crippen molar-refractivity contribution in [3.63, 3.8) is 0 Å². The summed E-state index contributed by atoms with van der Waals surface area (Å²) in [6.45, 7) is 0. The highest BCUT2D eigenvalue weighted by molar-refractivity contribution is 6.04. The number of ether oxygens (including phenoxy) is 2. The van der Waals surface area contributed by atoms with E-state index in [0.717, 1.165) is 12.1 Å². The maximum absolute atomic E-state index is 12.3. The number of aliphatic hydroxyl groups excluding tert-OH is 2. The van der Waals surface area contributed by atoms with Crippen molar-refractivity contribution >= 4 is 5.78 Å². The number of aliphatic hydroxyl groups is 2. The lowest BCUT2D eigenvalue weighted by Gasteiger charge is -2.19. The van der Waals surface area contributed by atoms with Crippen LogP contribution >= 0.6 is 0 Å². The molecule has 2 atom stereocenters. The summed E-state index contributed by atoms with van der Waals surface area (Å²) in [6.07, 6.45) is -3.63.